The van der Waals surface area contributed by atoms with Gasteiger partial charge in [0.05, 0.1) is 46.2 Å². The lowest BCUT2D eigenvalue weighted by atomic mass is 9.96. The van der Waals surface area contributed by atoms with Gasteiger partial charge in [0.25, 0.3) is 0 Å². The molecule has 0 radical (unpaired) electrons. The second-order valence-electron chi connectivity index (χ2n) is 15.6. The number of hydrogen-bond acceptors (Lipinski definition) is 13. The molecule has 13 heteroatoms. The van der Waals surface area contributed by atoms with Gasteiger partial charge in [-0.25, -0.2) is 0 Å². The summed E-state index contributed by atoms with van der Waals surface area (Å²) >= 11 is 0. The van der Waals surface area contributed by atoms with Gasteiger partial charge in [0.2, 0.25) is 0 Å². The number of rotatable bonds is 21. The fourth-order valence-corrected chi connectivity index (χ4v) is 7.71. The Morgan fingerprint density at radius 1 is 0.438 bits per heavy atom. The molecule has 0 spiro atoms. The molecule has 7 rings (SSSR count). The van der Waals surface area contributed by atoms with Gasteiger partial charge in [0, 0.05) is 13.8 Å². The minimum absolute atomic E-state index is 0.0375. The predicted molar refractivity (Wildman–Crippen MR) is 233 cm³/mol. The van der Waals surface area contributed by atoms with E-state index in [1.807, 2.05) is 152 Å². The van der Waals surface area contributed by atoms with Crippen molar-refractivity contribution in [1.82, 2.24) is 0 Å². The Morgan fingerprint density at radius 2 is 0.797 bits per heavy atom. The monoisotopic (exact) mass is 876 g/mol. The fraction of sp³-hybridized carbons (Fsp3) is 0.373. The van der Waals surface area contributed by atoms with Crippen LogP contribution in [-0.2, 0) is 90.0 Å². The van der Waals surface area contributed by atoms with Crippen LogP contribution in [0, 0.1) is 0 Å². The van der Waals surface area contributed by atoms with Gasteiger partial charge in [-0.15, -0.1) is 0 Å². The molecule has 13 nitrogen and oxygen atoms in total. The zero-order valence-electron chi connectivity index (χ0n) is 36.0. The van der Waals surface area contributed by atoms with E-state index in [0.717, 1.165) is 27.8 Å². The summed E-state index contributed by atoms with van der Waals surface area (Å²) in [5.41, 5.74) is 4.44. The van der Waals surface area contributed by atoms with E-state index in [1.54, 1.807) is 0 Å². The van der Waals surface area contributed by atoms with E-state index in [0.29, 0.717) is 6.61 Å². The normalized spacial score (nSPS) is 25.6. The zero-order valence-corrected chi connectivity index (χ0v) is 36.0. The van der Waals surface area contributed by atoms with Crippen LogP contribution in [0.4, 0.5) is 0 Å². The molecule has 2 saturated heterocycles. The van der Waals surface area contributed by atoms with Crippen molar-refractivity contribution in [1.29, 1.82) is 0 Å². The second kappa shape index (κ2) is 24.1. The highest BCUT2D eigenvalue weighted by molar-refractivity contribution is 5.67. The summed E-state index contributed by atoms with van der Waals surface area (Å²) in [6.07, 6.45) is -11.6. The minimum Gasteiger partial charge on any atom is -0.456 e. The molecular formula is C51H56O13. The summed E-state index contributed by atoms with van der Waals surface area (Å²) in [4.78, 5) is 25.6. The lowest BCUT2D eigenvalue weighted by molar-refractivity contribution is -0.374. The van der Waals surface area contributed by atoms with Gasteiger partial charge >= 0.3 is 11.9 Å². The SMILES string of the molecule is CC(=O)O[C@H]1[C@@H](OC(C)=O)[C@@H](COCc2ccccc2)O[C@H](O[C@H]2[C@@H](OCc3ccccc3)[C@H](OCc3ccccc3)[C@@H](COCc3ccccc3)O[C@@H]2O)[C@@H]1OCc1ccccc1. The lowest BCUT2D eigenvalue weighted by Crippen LogP contribution is -2.66. The first-order chi connectivity index (χ1) is 31.3. The fourth-order valence-electron chi connectivity index (χ4n) is 7.71. The average Bonchev–Trinajstić information content (AvgIpc) is 3.31. The van der Waals surface area contributed by atoms with Crippen molar-refractivity contribution in [2.45, 2.75) is 108 Å². The molecule has 0 unspecified atom stereocenters. The van der Waals surface area contributed by atoms with E-state index in [2.05, 4.69) is 0 Å². The van der Waals surface area contributed by atoms with Crippen molar-refractivity contribution in [3.63, 3.8) is 0 Å². The van der Waals surface area contributed by atoms with Crippen LogP contribution >= 0.6 is 0 Å². The molecule has 0 aromatic heterocycles. The van der Waals surface area contributed by atoms with Crippen LogP contribution in [0.2, 0.25) is 0 Å². The van der Waals surface area contributed by atoms with Gasteiger partial charge in [-0.3, -0.25) is 9.59 Å². The molecule has 0 aliphatic carbocycles. The van der Waals surface area contributed by atoms with E-state index >= 15 is 0 Å². The Labute approximate surface area is 374 Å². The van der Waals surface area contributed by atoms with Crippen molar-refractivity contribution >= 4 is 11.9 Å². The lowest BCUT2D eigenvalue weighted by Gasteiger charge is -2.49. The Hall–Kier alpha value is -5.32. The van der Waals surface area contributed by atoms with Crippen LogP contribution in [0.1, 0.15) is 41.7 Å². The third kappa shape index (κ3) is 13.6. The highest BCUT2D eigenvalue weighted by Crippen LogP contribution is 2.36. The van der Waals surface area contributed by atoms with Gasteiger partial charge in [0.15, 0.2) is 24.8 Å². The third-order valence-corrected chi connectivity index (χ3v) is 10.7. The Balaban J connectivity index is 1.23. The smallest absolute Gasteiger partial charge is 0.303 e. The molecule has 338 valence electrons. The van der Waals surface area contributed by atoms with Gasteiger partial charge < -0.3 is 52.5 Å². The number of carbonyl (C=O) groups excluding carboxylic acids is 2. The van der Waals surface area contributed by atoms with Gasteiger partial charge in [0.1, 0.15) is 36.6 Å². The average molecular weight is 877 g/mol. The maximum atomic E-state index is 12.9. The standard InChI is InChI=1S/C51H56O13/c1-35(52)60-45-43(34-56-29-38-20-10-4-11-21-38)63-51(49(47(45)61-36(2)53)59-32-41-26-16-7-17-27-41)64-48-46(58-31-40-24-14-6-15-25-40)44(57-30-39-22-12-5-13-23-39)42(62-50(48)54)33-55-28-37-18-8-3-9-19-37/h3-27,42-51,54H,28-34H2,1-2H3/t42-,43-,44-,45+,46+,47+,48+,49-,50+,51-/m1/s1. The van der Waals surface area contributed by atoms with Crippen molar-refractivity contribution < 1.29 is 62.1 Å². The van der Waals surface area contributed by atoms with Crippen molar-refractivity contribution in [3.05, 3.63) is 179 Å². The first kappa shape index (κ1) is 46.7. The van der Waals surface area contributed by atoms with Crippen molar-refractivity contribution in [3.8, 4) is 0 Å². The quantitative estimate of drug-likeness (QED) is 0.0767. The van der Waals surface area contributed by atoms with Crippen LogP contribution < -0.4 is 0 Å². The highest BCUT2D eigenvalue weighted by Gasteiger charge is 2.55. The van der Waals surface area contributed by atoms with E-state index in [1.165, 1.54) is 13.8 Å². The van der Waals surface area contributed by atoms with Crippen LogP contribution in [0.15, 0.2) is 152 Å². The van der Waals surface area contributed by atoms with Gasteiger partial charge in [-0.05, 0) is 27.8 Å². The van der Waals surface area contributed by atoms with Crippen LogP contribution in [0.3, 0.4) is 0 Å². The summed E-state index contributed by atoms with van der Waals surface area (Å²) in [6, 6.07) is 47.9. The number of benzene rings is 5. The second-order valence-corrected chi connectivity index (χ2v) is 15.6. The first-order valence-corrected chi connectivity index (χ1v) is 21.5. The summed E-state index contributed by atoms with van der Waals surface area (Å²) < 4.78 is 64.0. The number of aliphatic hydroxyl groups excluding tert-OH is 1. The molecule has 0 bridgehead atoms. The van der Waals surface area contributed by atoms with Crippen LogP contribution in [0.5, 0.6) is 0 Å². The predicted octanol–water partition coefficient (Wildman–Crippen LogP) is 6.87. The van der Waals surface area contributed by atoms with Crippen LogP contribution in [-0.4, -0.2) is 91.7 Å². The minimum atomic E-state index is -1.60. The number of ether oxygens (including phenoxy) is 10. The number of aliphatic hydroxyl groups is 1. The summed E-state index contributed by atoms with van der Waals surface area (Å²) in [5.74, 6) is -1.29. The highest BCUT2D eigenvalue weighted by atomic mass is 16.8. The summed E-state index contributed by atoms with van der Waals surface area (Å²) in [7, 11) is 0. The van der Waals surface area contributed by atoms with Gasteiger partial charge in [-0.2, -0.15) is 0 Å². The van der Waals surface area contributed by atoms with E-state index in [-0.39, 0.29) is 39.6 Å². The third-order valence-electron chi connectivity index (χ3n) is 10.7. The maximum absolute atomic E-state index is 12.9. The molecule has 5 aromatic carbocycles. The Bertz CT molecular complexity index is 2110. The molecule has 10 atom stereocenters. The van der Waals surface area contributed by atoms with E-state index < -0.39 is 73.4 Å². The topological polar surface area (TPSA) is 147 Å². The number of carbonyl (C=O) groups is 2. The van der Waals surface area contributed by atoms with Crippen molar-refractivity contribution in [2.24, 2.45) is 0 Å². The Kier molecular flexibility index (Phi) is 17.6. The molecular weight excluding hydrogens is 821 g/mol. The Morgan fingerprint density at radius 3 is 1.22 bits per heavy atom. The van der Waals surface area contributed by atoms with Gasteiger partial charge in [-0.1, -0.05) is 152 Å². The molecule has 1 N–H and O–H groups in total. The summed E-state index contributed by atoms with van der Waals surface area (Å²) in [5, 5.41) is 12.1. The van der Waals surface area contributed by atoms with E-state index in [9.17, 15) is 14.7 Å². The molecule has 64 heavy (non-hydrogen) atoms. The summed E-state index contributed by atoms with van der Waals surface area (Å²) in [6.45, 7) is 3.31. The number of hydrogen-bond donors (Lipinski definition) is 1. The number of esters is 2. The maximum Gasteiger partial charge on any atom is 0.303 e. The van der Waals surface area contributed by atoms with E-state index in [4.69, 9.17) is 47.4 Å². The molecule has 0 amide bonds. The first-order valence-electron chi connectivity index (χ1n) is 21.5. The van der Waals surface area contributed by atoms with Crippen LogP contribution in [0.25, 0.3) is 0 Å². The molecule has 2 heterocycles. The molecule has 2 aliphatic heterocycles. The largest absolute Gasteiger partial charge is 0.456 e. The zero-order chi connectivity index (χ0) is 44.5. The molecule has 2 aliphatic rings. The van der Waals surface area contributed by atoms with Crippen molar-refractivity contribution in [2.75, 3.05) is 13.2 Å². The molecule has 5 aromatic rings. The molecule has 2 fully saturated rings. The molecule has 0 saturated carbocycles.